The second kappa shape index (κ2) is 5.19. The van der Waals surface area contributed by atoms with Gasteiger partial charge in [-0.2, -0.15) is 0 Å². The van der Waals surface area contributed by atoms with Crippen LogP contribution in [0.25, 0.3) is 0 Å². The van der Waals surface area contributed by atoms with Crippen molar-refractivity contribution in [3.63, 3.8) is 0 Å². The molecule has 0 radical (unpaired) electrons. The average molecular weight is 284 g/mol. The van der Waals surface area contributed by atoms with Crippen molar-refractivity contribution in [3.8, 4) is 5.75 Å². The Hall–Kier alpha value is -0.540. The Balaban J connectivity index is 1.91. The van der Waals surface area contributed by atoms with Gasteiger partial charge in [-0.05, 0) is 37.0 Å². The summed E-state index contributed by atoms with van der Waals surface area (Å²) >= 11 is 3.52. The Morgan fingerprint density at radius 2 is 2.25 bits per heavy atom. The molecule has 0 amide bonds. The first-order chi connectivity index (χ1) is 7.66. The predicted molar refractivity (Wildman–Crippen MR) is 69.6 cm³/mol. The predicted octanol–water partition coefficient (Wildman–Crippen LogP) is 3.65. The van der Waals surface area contributed by atoms with E-state index in [9.17, 15) is 0 Å². The number of ether oxygens (including phenoxy) is 1. The van der Waals surface area contributed by atoms with Gasteiger partial charge in [0.15, 0.2) is 0 Å². The average Bonchev–Trinajstić information content (AvgIpc) is 3.01. The van der Waals surface area contributed by atoms with Crippen LogP contribution < -0.4 is 10.5 Å². The van der Waals surface area contributed by atoms with Crippen molar-refractivity contribution in [2.45, 2.75) is 32.2 Å². The van der Waals surface area contributed by atoms with Gasteiger partial charge in [0.2, 0.25) is 0 Å². The van der Waals surface area contributed by atoms with Crippen LogP contribution in [0.2, 0.25) is 0 Å². The largest absolute Gasteiger partial charge is 0.494 e. The molecule has 3 heteroatoms. The number of benzene rings is 1. The molecule has 0 spiro atoms. The molecular weight excluding hydrogens is 266 g/mol. The highest BCUT2D eigenvalue weighted by molar-refractivity contribution is 9.10. The summed E-state index contributed by atoms with van der Waals surface area (Å²) in [6.07, 6.45) is 3.96. The summed E-state index contributed by atoms with van der Waals surface area (Å²) in [5, 5.41) is 0. The lowest BCUT2D eigenvalue weighted by Gasteiger charge is -2.11. The molecule has 1 aliphatic carbocycles. The van der Waals surface area contributed by atoms with E-state index >= 15 is 0 Å². The summed E-state index contributed by atoms with van der Waals surface area (Å²) in [4.78, 5) is 0. The number of nitrogens with two attached hydrogens (primary N) is 1. The summed E-state index contributed by atoms with van der Waals surface area (Å²) in [7, 11) is 0. The number of hydrogen-bond acceptors (Lipinski definition) is 2. The topological polar surface area (TPSA) is 35.2 Å². The monoisotopic (exact) mass is 283 g/mol. The molecule has 1 saturated carbocycles. The smallest absolute Gasteiger partial charge is 0.120 e. The van der Waals surface area contributed by atoms with Gasteiger partial charge in [0.25, 0.3) is 0 Å². The molecule has 1 atom stereocenters. The van der Waals surface area contributed by atoms with Crippen LogP contribution in [0.15, 0.2) is 22.7 Å². The number of hydrogen-bond donors (Lipinski definition) is 1. The summed E-state index contributed by atoms with van der Waals surface area (Å²) < 4.78 is 6.74. The Labute approximate surface area is 105 Å². The van der Waals surface area contributed by atoms with Gasteiger partial charge < -0.3 is 10.5 Å². The minimum Gasteiger partial charge on any atom is -0.494 e. The van der Waals surface area contributed by atoms with Gasteiger partial charge in [0.1, 0.15) is 5.75 Å². The molecule has 1 aromatic rings. The van der Waals surface area contributed by atoms with Gasteiger partial charge >= 0.3 is 0 Å². The van der Waals surface area contributed by atoms with Gasteiger partial charge in [-0.15, -0.1) is 0 Å². The lowest BCUT2D eigenvalue weighted by Crippen LogP contribution is -2.06. The highest BCUT2D eigenvalue weighted by Gasteiger charge is 2.20. The fraction of sp³-hybridized carbons (Fsp3) is 0.538. The number of halogens is 1. The maximum Gasteiger partial charge on any atom is 0.120 e. The van der Waals surface area contributed by atoms with Crippen molar-refractivity contribution in [2.75, 3.05) is 6.61 Å². The summed E-state index contributed by atoms with van der Waals surface area (Å²) in [5.74, 6) is 1.85. The molecule has 1 unspecified atom stereocenters. The van der Waals surface area contributed by atoms with Crippen LogP contribution in [-0.2, 0) is 0 Å². The fourth-order valence-corrected chi connectivity index (χ4v) is 2.44. The van der Waals surface area contributed by atoms with E-state index in [0.29, 0.717) is 0 Å². The molecule has 2 N–H and O–H groups in total. The molecule has 88 valence electrons. The first-order valence-electron chi connectivity index (χ1n) is 5.84. The van der Waals surface area contributed by atoms with E-state index in [1.54, 1.807) is 0 Å². The highest BCUT2D eigenvalue weighted by Crippen LogP contribution is 2.32. The maximum absolute atomic E-state index is 5.84. The summed E-state index contributed by atoms with van der Waals surface area (Å²) in [6, 6.07) is 6.08. The molecule has 1 aliphatic rings. The third-order valence-electron chi connectivity index (χ3n) is 2.95. The third-order valence-corrected chi connectivity index (χ3v) is 3.64. The zero-order valence-corrected chi connectivity index (χ0v) is 11.2. The van der Waals surface area contributed by atoms with E-state index in [2.05, 4.69) is 15.9 Å². The van der Waals surface area contributed by atoms with Crippen molar-refractivity contribution >= 4 is 15.9 Å². The van der Waals surface area contributed by atoms with Crippen molar-refractivity contribution in [2.24, 2.45) is 11.7 Å². The first-order valence-corrected chi connectivity index (χ1v) is 6.64. The van der Waals surface area contributed by atoms with Gasteiger partial charge in [-0.3, -0.25) is 0 Å². The van der Waals surface area contributed by atoms with E-state index in [1.165, 1.54) is 19.3 Å². The van der Waals surface area contributed by atoms with Gasteiger partial charge in [-0.25, -0.2) is 0 Å². The summed E-state index contributed by atoms with van der Waals surface area (Å²) in [6.45, 7) is 2.81. The molecule has 1 aromatic carbocycles. The normalized spacial score (nSPS) is 17.2. The van der Waals surface area contributed by atoms with Gasteiger partial charge in [-0.1, -0.05) is 34.8 Å². The standard InChI is InChI=1S/C13H18BrNO/c1-9(15)12-5-4-11(8-13(12)14)16-7-6-10-2-3-10/h4-5,8-10H,2-3,6-7,15H2,1H3. The SMILES string of the molecule is CC(N)c1ccc(OCCC2CC2)cc1Br. The van der Waals surface area contributed by atoms with Crippen molar-refractivity contribution in [3.05, 3.63) is 28.2 Å². The van der Waals surface area contributed by atoms with E-state index in [-0.39, 0.29) is 6.04 Å². The molecule has 2 rings (SSSR count). The number of rotatable bonds is 5. The van der Waals surface area contributed by atoms with Gasteiger partial charge in [0.05, 0.1) is 6.61 Å². The van der Waals surface area contributed by atoms with Crippen molar-refractivity contribution in [1.29, 1.82) is 0 Å². The molecule has 0 aromatic heterocycles. The van der Waals surface area contributed by atoms with Crippen LogP contribution in [0.3, 0.4) is 0 Å². The second-order valence-corrected chi connectivity index (χ2v) is 5.41. The van der Waals surface area contributed by atoms with E-state index < -0.39 is 0 Å². The van der Waals surface area contributed by atoms with Crippen LogP contribution in [-0.4, -0.2) is 6.61 Å². The zero-order chi connectivity index (χ0) is 11.5. The molecule has 0 saturated heterocycles. The quantitative estimate of drug-likeness (QED) is 0.895. The van der Waals surface area contributed by atoms with Crippen LogP contribution in [0.5, 0.6) is 5.75 Å². The molecule has 1 fully saturated rings. The minimum absolute atomic E-state index is 0.0508. The Morgan fingerprint density at radius 1 is 1.50 bits per heavy atom. The van der Waals surface area contributed by atoms with Crippen molar-refractivity contribution in [1.82, 2.24) is 0 Å². The third kappa shape index (κ3) is 3.22. The lowest BCUT2D eigenvalue weighted by atomic mass is 10.1. The van der Waals surface area contributed by atoms with Crippen LogP contribution in [0, 0.1) is 5.92 Å². The molecule has 0 aliphatic heterocycles. The zero-order valence-electron chi connectivity index (χ0n) is 9.58. The fourth-order valence-electron chi connectivity index (χ4n) is 1.72. The highest BCUT2D eigenvalue weighted by atomic mass is 79.9. The second-order valence-electron chi connectivity index (χ2n) is 4.55. The molecular formula is C13H18BrNO. The Bertz CT molecular complexity index is 361. The van der Waals surface area contributed by atoms with E-state index in [1.807, 2.05) is 25.1 Å². The lowest BCUT2D eigenvalue weighted by molar-refractivity contribution is 0.302. The van der Waals surface area contributed by atoms with E-state index in [0.717, 1.165) is 28.3 Å². The first kappa shape index (κ1) is 11.9. The maximum atomic E-state index is 5.84. The summed E-state index contributed by atoms with van der Waals surface area (Å²) in [5.41, 5.74) is 6.96. The molecule has 0 bridgehead atoms. The minimum atomic E-state index is 0.0508. The van der Waals surface area contributed by atoms with Gasteiger partial charge in [0, 0.05) is 10.5 Å². The Morgan fingerprint density at radius 3 is 2.81 bits per heavy atom. The van der Waals surface area contributed by atoms with Crippen LogP contribution >= 0.6 is 15.9 Å². The molecule has 0 heterocycles. The van der Waals surface area contributed by atoms with Crippen LogP contribution in [0.4, 0.5) is 0 Å². The van der Waals surface area contributed by atoms with E-state index in [4.69, 9.17) is 10.5 Å². The van der Waals surface area contributed by atoms with Crippen LogP contribution in [0.1, 0.15) is 37.8 Å². The molecule has 2 nitrogen and oxygen atoms in total. The Kier molecular flexibility index (Phi) is 3.87. The van der Waals surface area contributed by atoms with Crippen molar-refractivity contribution < 1.29 is 4.74 Å². The molecule has 16 heavy (non-hydrogen) atoms.